The van der Waals surface area contributed by atoms with Gasteiger partial charge in [0, 0.05) is 12.5 Å². The lowest BCUT2D eigenvalue weighted by molar-refractivity contribution is 0.634. The van der Waals surface area contributed by atoms with E-state index in [0.29, 0.717) is 16.8 Å². The first-order valence-corrected chi connectivity index (χ1v) is 5.99. The van der Waals surface area contributed by atoms with Gasteiger partial charge in [0.05, 0.1) is 6.20 Å². The van der Waals surface area contributed by atoms with Crippen molar-refractivity contribution in [2.75, 3.05) is 11.9 Å². The van der Waals surface area contributed by atoms with Crippen LogP contribution in [0.3, 0.4) is 0 Å². The van der Waals surface area contributed by atoms with Gasteiger partial charge in [0.1, 0.15) is 17.2 Å². The smallest absolute Gasteiger partial charge is 0.148 e. The molecule has 0 saturated heterocycles. The van der Waals surface area contributed by atoms with Crippen molar-refractivity contribution in [3.63, 3.8) is 0 Å². The summed E-state index contributed by atoms with van der Waals surface area (Å²) in [4.78, 5) is 7.97. The maximum Gasteiger partial charge on any atom is 0.148 e. The van der Waals surface area contributed by atoms with Gasteiger partial charge < -0.3 is 5.32 Å². The molecule has 0 aliphatic heterocycles. The van der Waals surface area contributed by atoms with Gasteiger partial charge in [0.15, 0.2) is 0 Å². The second kappa shape index (κ2) is 4.34. The van der Waals surface area contributed by atoms with E-state index in [-0.39, 0.29) is 0 Å². The van der Waals surface area contributed by atoms with Gasteiger partial charge >= 0.3 is 0 Å². The number of nitrogens with one attached hydrogen (secondary N) is 1. The Labute approximate surface area is 105 Å². The van der Waals surface area contributed by atoms with Gasteiger partial charge in [0.2, 0.25) is 0 Å². The van der Waals surface area contributed by atoms with Gasteiger partial charge in [-0.25, -0.2) is 9.97 Å². The molecule has 0 spiro atoms. The zero-order chi connectivity index (χ0) is 11.7. The lowest BCUT2D eigenvalue weighted by Gasteiger charge is -2.30. The number of halogens is 1. The lowest BCUT2D eigenvalue weighted by Crippen LogP contribution is -2.24. The number of rotatable bonds is 3. The van der Waals surface area contributed by atoms with E-state index in [1.165, 1.54) is 17.5 Å². The second-order valence-corrected chi connectivity index (χ2v) is 4.61. The molecule has 1 aromatic heterocycles. The Bertz CT molecular complexity index is 542. The summed E-state index contributed by atoms with van der Waals surface area (Å²) in [5.74, 6) is 1.28. The average molecular weight is 246 g/mol. The molecule has 1 heterocycles. The Morgan fingerprint density at radius 3 is 3.06 bits per heavy atom. The third-order valence-corrected chi connectivity index (χ3v) is 3.42. The average Bonchev–Trinajstić information content (AvgIpc) is 2.32. The van der Waals surface area contributed by atoms with Gasteiger partial charge in [-0.05, 0) is 17.5 Å². The van der Waals surface area contributed by atoms with E-state index in [0.717, 1.165) is 13.0 Å². The minimum Gasteiger partial charge on any atom is -0.368 e. The third kappa shape index (κ3) is 1.98. The molecule has 4 heteroatoms. The second-order valence-electron chi connectivity index (χ2n) is 4.20. The summed E-state index contributed by atoms with van der Waals surface area (Å²) in [5, 5.41) is 3.84. The number of hydrogen-bond acceptors (Lipinski definition) is 3. The van der Waals surface area contributed by atoms with E-state index in [1.807, 2.05) is 0 Å². The highest BCUT2D eigenvalue weighted by atomic mass is 35.5. The van der Waals surface area contributed by atoms with E-state index in [1.54, 1.807) is 6.20 Å². The van der Waals surface area contributed by atoms with Crippen LogP contribution in [0.4, 0.5) is 5.82 Å². The summed E-state index contributed by atoms with van der Waals surface area (Å²) in [6.45, 7) is 0.869. The molecule has 3 rings (SSSR count). The Hall–Kier alpha value is -1.61. The normalized spacial score (nSPS) is 17.1. The summed E-state index contributed by atoms with van der Waals surface area (Å²) in [6.07, 6.45) is 4.24. The van der Waals surface area contributed by atoms with Crippen molar-refractivity contribution in [2.24, 2.45) is 0 Å². The van der Waals surface area contributed by atoms with Gasteiger partial charge in [-0.15, -0.1) is 0 Å². The van der Waals surface area contributed by atoms with Crippen LogP contribution in [0, 0.1) is 0 Å². The van der Waals surface area contributed by atoms with Crippen LogP contribution in [0.2, 0.25) is 5.02 Å². The Morgan fingerprint density at radius 2 is 2.24 bits per heavy atom. The standard InChI is InChI=1S/C13H12ClN3/c14-12-7-15-8-17-13(12)16-6-10-5-9-3-1-2-4-11(9)10/h1-4,7-8,10H,5-6H2,(H,15,16,17). The zero-order valence-electron chi connectivity index (χ0n) is 9.23. The molecule has 17 heavy (non-hydrogen) atoms. The Kier molecular flexibility index (Phi) is 2.69. The molecule has 1 aromatic carbocycles. The maximum atomic E-state index is 5.98. The van der Waals surface area contributed by atoms with Gasteiger partial charge in [-0.3, -0.25) is 0 Å². The SMILES string of the molecule is Clc1cncnc1NCC1Cc2ccccc21. The van der Waals surface area contributed by atoms with E-state index in [9.17, 15) is 0 Å². The summed E-state index contributed by atoms with van der Waals surface area (Å²) in [7, 11) is 0. The maximum absolute atomic E-state index is 5.98. The fraction of sp³-hybridized carbons (Fsp3) is 0.231. The van der Waals surface area contributed by atoms with Crippen LogP contribution >= 0.6 is 11.6 Å². The molecule has 0 saturated carbocycles. The highest BCUT2D eigenvalue weighted by molar-refractivity contribution is 6.32. The molecule has 0 amide bonds. The monoisotopic (exact) mass is 245 g/mol. The van der Waals surface area contributed by atoms with E-state index < -0.39 is 0 Å². The molecule has 0 fully saturated rings. The first-order chi connectivity index (χ1) is 8.34. The molecule has 1 unspecified atom stereocenters. The van der Waals surface area contributed by atoms with Crippen LogP contribution in [0.15, 0.2) is 36.8 Å². The summed E-state index contributed by atoms with van der Waals surface area (Å²) in [5.41, 5.74) is 2.89. The van der Waals surface area contributed by atoms with Crippen molar-refractivity contribution in [2.45, 2.75) is 12.3 Å². The summed E-state index contributed by atoms with van der Waals surface area (Å²) in [6, 6.07) is 8.54. The lowest BCUT2D eigenvalue weighted by atomic mass is 9.78. The molecule has 0 bridgehead atoms. The van der Waals surface area contributed by atoms with Gasteiger partial charge in [-0.2, -0.15) is 0 Å². The van der Waals surface area contributed by atoms with Crippen LogP contribution in [0.1, 0.15) is 17.0 Å². The van der Waals surface area contributed by atoms with Crippen molar-refractivity contribution in [1.29, 1.82) is 0 Å². The third-order valence-electron chi connectivity index (χ3n) is 3.14. The van der Waals surface area contributed by atoms with Crippen LogP contribution in [-0.2, 0) is 6.42 Å². The van der Waals surface area contributed by atoms with Crippen LogP contribution in [-0.4, -0.2) is 16.5 Å². The molecule has 3 nitrogen and oxygen atoms in total. The Balaban J connectivity index is 1.66. The van der Waals surface area contributed by atoms with Crippen molar-refractivity contribution in [3.05, 3.63) is 52.9 Å². The van der Waals surface area contributed by atoms with Crippen molar-refractivity contribution in [1.82, 2.24) is 9.97 Å². The molecular formula is C13H12ClN3. The minimum absolute atomic E-state index is 0.567. The molecule has 1 aliphatic carbocycles. The molecular weight excluding hydrogens is 234 g/mol. The number of benzene rings is 1. The predicted octanol–water partition coefficient (Wildman–Crippen LogP) is 2.88. The zero-order valence-corrected chi connectivity index (χ0v) is 9.98. The topological polar surface area (TPSA) is 37.8 Å². The minimum atomic E-state index is 0.567. The summed E-state index contributed by atoms with van der Waals surface area (Å²) < 4.78 is 0. The molecule has 1 aliphatic rings. The molecule has 86 valence electrons. The van der Waals surface area contributed by atoms with E-state index in [2.05, 4.69) is 39.6 Å². The highest BCUT2D eigenvalue weighted by Gasteiger charge is 2.25. The predicted molar refractivity (Wildman–Crippen MR) is 68.4 cm³/mol. The van der Waals surface area contributed by atoms with E-state index >= 15 is 0 Å². The largest absolute Gasteiger partial charge is 0.368 e. The number of anilines is 1. The van der Waals surface area contributed by atoms with Crippen molar-refractivity contribution in [3.8, 4) is 0 Å². The highest BCUT2D eigenvalue weighted by Crippen LogP contribution is 2.34. The molecule has 0 radical (unpaired) electrons. The fourth-order valence-corrected chi connectivity index (χ4v) is 2.38. The van der Waals surface area contributed by atoms with Crippen molar-refractivity contribution >= 4 is 17.4 Å². The number of aromatic nitrogens is 2. The van der Waals surface area contributed by atoms with Crippen LogP contribution in [0.25, 0.3) is 0 Å². The first kappa shape index (κ1) is 10.5. The number of hydrogen-bond donors (Lipinski definition) is 1. The molecule has 2 aromatic rings. The number of nitrogens with zero attached hydrogens (tertiary/aromatic N) is 2. The van der Waals surface area contributed by atoms with Gasteiger partial charge in [-0.1, -0.05) is 35.9 Å². The Morgan fingerprint density at radius 1 is 1.35 bits per heavy atom. The van der Waals surface area contributed by atoms with Crippen LogP contribution < -0.4 is 5.32 Å². The first-order valence-electron chi connectivity index (χ1n) is 5.62. The number of fused-ring (bicyclic) bond motifs is 1. The molecule has 1 atom stereocenters. The van der Waals surface area contributed by atoms with Gasteiger partial charge in [0.25, 0.3) is 0 Å². The van der Waals surface area contributed by atoms with Crippen LogP contribution in [0.5, 0.6) is 0 Å². The van der Waals surface area contributed by atoms with E-state index in [4.69, 9.17) is 11.6 Å². The quantitative estimate of drug-likeness (QED) is 0.904. The fourth-order valence-electron chi connectivity index (χ4n) is 2.21. The summed E-state index contributed by atoms with van der Waals surface area (Å²) >= 11 is 5.98. The van der Waals surface area contributed by atoms with Crippen molar-refractivity contribution < 1.29 is 0 Å². The molecule has 1 N–H and O–H groups in total.